The largest absolute Gasteiger partial charge is 0.465 e. The van der Waals surface area contributed by atoms with Gasteiger partial charge in [0.05, 0.1) is 34.7 Å². The summed E-state index contributed by atoms with van der Waals surface area (Å²) in [5.41, 5.74) is 0.239. The highest BCUT2D eigenvalue weighted by atomic mass is 32.1. The molecule has 0 aliphatic rings. The van der Waals surface area contributed by atoms with Gasteiger partial charge in [0.15, 0.2) is 0 Å². The number of hydrogen-bond donors (Lipinski definition) is 1. The van der Waals surface area contributed by atoms with Crippen LogP contribution >= 0.6 is 11.3 Å². The summed E-state index contributed by atoms with van der Waals surface area (Å²) in [4.78, 5) is 31.2. The number of hydrogen-bond acceptors (Lipinski definition) is 9. The molecular formula is C15H12N4O5S. The monoisotopic (exact) mass is 360 g/mol. The number of nitro groups is 1. The molecule has 9 nitrogen and oxygen atoms in total. The van der Waals surface area contributed by atoms with Crippen molar-refractivity contribution in [1.29, 1.82) is 0 Å². The van der Waals surface area contributed by atoms with Gasteiger partial charge in [0.1, 0.15) is 6.26 Å². The minimum absolute atomic E-state index is 0.00108. The summed E-state index contributed by atoms with van der Waals surface area (Å²) >= 11 is 1.49. The number of aromatic nitrogens is 2. The predicted molar refractivity (Wildman–Crippen MR) is 89.4 cm³/mol. The van der Waals surface area contributed by atoms with E-state index in [1.165, 1.54) is 30.9 Å². The maximum absolute atomic E-state index is 11.5. The summed E-state index contributed by atoms with van der Waals surface area (Å²) in [7, 11) is 1.19. The number of nitrogens with one attached hydrogen (secondary N) is 1. The van der Waals surface area contributed by atoms with Crippen LogP contribution in [0.25, 0.3) is 10.8 Å². The number of anilines is 1. The van der Waals surface area contributed by atoms with E-state index in [0.717, 1.165) is 10.9 Å². The first-order valence-electron chi connectivity index (χ1n) is 7.03. The molecule has 3 aromatic heterocycles. The maximum Gasteiger partial charge on any atom is 0.339 e. The fourth-order valence-electron chi connectivity index (χ4n) is 2.03. The van der Waals surface area contributed by atoms with Crippen molar-refractivity contribution in [1.82, 2.24) is 9.97 Å². The van der Waals surface area contributed by atoms with E-state index in [-0.39, 0.29) is 23.6 Å². The number of methoxy groups -OCH3 is 1. The minimum atomic E-state index is -0.695. The highest BCUT2D eigenvalue weighted by Crippen LogP contribution is 2.26. The molecule has 0 bridgehead atoms. The zero-order chi connectivity index (χ0) is 17.8. The lowest BCUT2D eigenvalue weighted by molar-refractivity contribution is -0.384. The van der Waals surface area contributed by atoms with Gasteiger partial charge in [0, 0.05) is 12.3 Å². The van der Waals surface area contributed by atoms with Crippen molar-refractivity contribution in [2.45, 2.75) is 6.54 Å². The Balaban J connectivity index is 1.76. The van der Waals surface area contributed by atoms with E-state index in [4.69, 9.17) is 4.42 Å². The van der Waals surface area contributed by atoms with Gasteiger partial charge in [-0.15, -0.1) is 11.3 Å². The van der Waals surface area contributed by atoms with Crippen LogP contribution in [0.5, 0.6) is 0 Å². The van der Waals surface area contributed by atoms with E-state index in [9.17, 15) is 14.9 Å². The second-order valence-electron chi connectivity index (χ2n) is 4.82. The fraction of sp³-hybridized carbons (Fsp3) is 0.133. The molecule has 3 aromatic rings. The van der Waals surface area contributed by atoms with E-state index >= 15 is 0 Å². The Labute approximate surface area is 145 Å². The lowest BCUT2D eigenvalue weighted by Crippen LogP contribution is -2.08. The van der Waals surface area contributed by atoms with Crippen molar-refractivity contribution in [3.05, 3.63) is 57.4 Å². The van der Waals surface area contributed by atoms with E-state index in [1.54, 1.807) is 0 Å². The highest BCUT2D eigenvalue weighted by molar-refractivity contribution is 7.13. The second-order valence-corrected chi connectivity index (χ2v) is 5.76. The molecule has 1 N–H and O–H groups in total. The molecule has 0 unspecified atom stereocenters. The summed E-state index contributed by atoms with van der Waals surface area (Å²) in [5, 5.41) is 15.9. The van der Waals surface area contributed by atoms with Crippen molar-refractivity contribution in [3.63, 3.8) is 0 Å². The van der Waals surface area contributed by atoms with Crippen LogP contribution in [-0.4, -0.2) is 28.0 Å². The lowest BCUT2D eigenvalue weighted by Gasteiger charge is -2.05. The molecule has 0 aliphatic heterocycles. The van der Waals surface area contributed by atoms with E-state index in [1.807, 2.05) is 17.5 Å². The van der Waals surface area contributed by atoms with Crippen LogP contribution in [0, 0.1) is 10.1 Å². The van der Waals surface area contributed by atoms with Gasteiger partial charge in [-0.1, -0.05) is 6.07 Å². The van der Waals surface area contributed by atoms with E-state index in [2.05, 4.69) is 20.0 Å². The number of thiophene rings is 1. The van der Waals surface area contributed by atoms with Crippen LogP contribution in [0.3, 0.4) is 0 Å². The average molecular weight is 360 g/mol. The molecule has 0 saturated heterocycles. The third-order valence-electron chi connectivity index (χ3n) is 3.21. The van der Waals surface area contributed by atoms with Gasteiger partial charge >= 0.3 is 11.7 Å². The molecule has 0 atom stereocenters. The maximum atomic E-state index is 11.5. The summed E-state index contributed by atoms with van der Waals surface area (Å²) in [6.45, 7) is 0.181. The summed E-state index contributed by atoms with van der Waals surface area (Å²) in [6, 6.07) is 4.88. The lowest BCUT2D eigenvalue weighted by atomic mass is 10.2. The Hall–Kier alpha value is -3.27. The molecule has 0 spiro atoms. The third kappa shape index (κ3) is 3.63. The molecule has 0 saturated carbocycles. The Morgan fingerprint density at radius 1 is 1.52 bits per heavy atom. The molecule has 0 aromatic carbocycles. The molecule has 0 radical (unpaired) electrons. The number of rotatable bonds is 6. The quantitative estimate of drug-likeness (QED) is 0.404. The topological polar surface area (TPSA) is 120 Å². The standard InChI is InChI=1S/C15H12N4O5S/c1-23-15(20)9-5-11(19(21)22)13(16-6-9)17-7-10-8-24-14(18-10)12-3-2-4-25-12/h2-6,8H,7H2,1H3,(H,16,17). The van der Waals surface area contributed by atoms with Crippen molar-refractivity contribution < 1.29 is 18.9 Å². The number of carbonyl (C=O) groups excluding carboxylic acids is 1. The van der Waals surface area contributed by atoms with Gasteiger partial charge in [-0.05, 0) is 11.4 Å². The predicted octanol–water partition coefficient (Wildman–Crippen LogP) is 3.11. The SMILES string of the molecule is COC(=O)c1cnc(NCc2coc(-c3cccs3)n2)c([N+](=O)[O-])c1. The zero-order valence-electron chi connectivity index (χ0n) is 13.0. The molecule has 3 heterocycles. The normalized spacial score (nSPS) is 10.4. The van der Waals surface area contributed by atoms with Crippen LogP contribution < -0.4 is 5.32 Å². The Morgan fingerprint density at radius 3 is 3.04 bits per heavy atom. The molecule has 3 rings (SSSR count). The van der Waals surface area contributed by atoms with Crippen molar-refractivity contribution >= 4 is 28.8 Å². The first-order chi connectivity index (χ1) is 12.1. The molecule has 128 valence electrons. The van der Waals surface area contributed by atoms with Crippen LogP contribution in [0.15, 0.2) is 40.5 Å². The summed E-state index contributed by atoms with van der Waals surface area (Å²) in [5.74, 6) is -0.187. The second kappa shape index (κ2) is 7.09. The molecule has 10 heteroatoms. The van der Waals surface area contributed by atoms with Crippen molar-refractivity contribution in [2.75, 3.05) is 12.4 Å². The molecule has 0 aliphatic carbocycles. The van der Waals surface area contributed by atoms with Crippen molar-refractivity contribution in [2.24, 2.45) is 0 Å². The number of carbonyl (C=O) groups is 1. The van der Waals surface area contributed by atoms with Gasteiger partial charge in [-0.2, -0.15) is 0 Å². The highest BCUT2D eigenvalue weighted by Gasteiger charge is 2.20. The molecule has 0 fully saturated rings. The third-order valence-corrected chi connectivity index (χ3v) is 4.06. The Kier molecular flexibility index (Phi) is 4.70. The van der Waals surface area contributed by atoms with E-state index < -0.39 is 10.9 Å². The number of esters is 1. The van der Waals surface area contributed by atoms with Gasteiger partial charge < -0.3 is 14.5 Å². The van der Waals surface area contributed by atoms with Crippen LogP contribution in [0.4, 0.5) is 11.5 Å². The number of pyridine rings is 1. The Bertz CT molecular complexity index is 907. The van der Waals surface area contributed by atoms with E-state index in [0.29, 0.717) is 11.6 Å². The van der Waals surface area contributed by atoms with Crippen LogP contribution in [0.2, 0.25) is 0 Å². The number of nitrogens with zero attached hydrogens (tertiary/aromatic N) is 3. The molecule has 0 amide bonds. The molecule has 25 heavy (non-hydrogen) atoms. The van der Waals surface area contributed by atoms with Crippen LogP contribution in [0.1, 0.15) is 16.1 Å². The summed E-state index contributed by atoms with van der Waals surface area (Å²) in [6.07, 6.45) is 2.68. The first-order valence-corrected chi connectivity index (χ1v) is 7.91. The van der Waals surface area contributed by atoms with Gasteiger partial charge in [0.2, 0.25) is 11.7 Å². The fourth-order valence-corrected chi connectivity index (χ4v) is 2.69. The van der Waals surface area contributed by atoms with Crippen LogP contribution in [-0.2, 0) is 11.3 Å². The van der Waals surface area contributed by atoms with Gasteiger partial charge in [-0.3, -0.25) is 10.1 Å². The first kappa shape index (κ1) is 16.6. The smallest absolute Gasteiger partial charge is 0.339 e. The molecular weight excluding hydrogens is 348 g/mol. The minimum Gasteiger partial charge on any atom is -0.465 e. The Morgan fingerprint density at radius 2 is 2.36 bits per heavy atom. The van der Waals surface area contributed by atoms with Gasteiger partial charge in [0.25, 0.3) is 0 Å². The van der Waals surface area contributed by atoms with Gasteiger partial charge in [-0.25, -0.2) is 14.8 Å². The number of oxazole rings is 1. The average Bonchev–Trinajstić information content (AvgIpc) is 3.30. The van der Waals surface area contributed by atoms with Crippen molar-refractivity contribution in [3.8, 4) is 10.8 Å². The number of ether oxygens (including phenoxy) is 1. The summed E-state index contributed by atoms with van der Waals surface area (Å²) < 4.78 is 9.92. The zero-order valence-corrected chi connectivity index (χ0v) is 13.8.